The van der Waals surface area contributed by atoms with Crippen molar-refractivity contribution >= 4 is 23.9 Å². The van der Waals surface area contributed by atoms with Crippen molar-refractivity contribution < 1.29 is 28.7 Å². The van der Waals surface area contributed by atoms with Crippen molar-refractivity contribution in [2.24, 2.45) is 0 Å². The number of nitrogens with one attached hydrogen (secondary N) is 2. The molecule has 3 rings (SSSR count). The van der Waals surface area contributed by atoms with Crippen molar-refractivity contribution in [3.05, 3.63) is 71.8 Å². The molecule has 38 heavy (non-hydrogen) atoms. The Morgan fingerprint density at radius 1 is 0.974 bits per heavy atom. The van der Waals surface area contributed by atoms with Crippen LogP contribution in [0.1, 0.15) is 51.2 Å². The fourth-order valence-electron chi connectivity index (χ4n) is 4.33. The van der Waals surface area contributed by atoms with Crippen LogP contribution in [-0.4, -0.2) is 59.6 Å². The molecule has 1 fully saturated rings. The zero-order valence-corrected chi connectivity index (χ0v) is 22.3. The Hall–Kier alpha value is -3.88. The van der Waals surface area contributed by atoms with Gasteiger partial charge in [-0.25, -0.2) is 4.79 Å². The second-order valence-corrected chi connectivity index (χ2v) is 10.3. The predicted octanol–water partition coefficient (Wildman–Crippen LogP) is 3.36. The number of carbonyl (C=O) groups excluding carboxylic acids is 4. The summed E-state index contributed by atoms with van der Waals surface area (Å²) in [5.41, 5.74) is 1.09. The average molecular weight is 524 g/mol. The van der Waals surface area contributed by atoms with Gasteiger partial charge >= 0.3 is 12.1 Å². The van der Waals surface area contributed by atoms with E-state index < -0.39 is 23.7 Å². The molecule has 0 spiro atoms. The minimum absolute atomic E-state index is 0.0606. The fraction of sp³-hybridized carbons (Fsp3) is 0.448. The van der Waals surface area contributed by atoms with E-state index in [2.05, 4.69) is 10.6 Å². The lowest BCUT2D eigenvalue weighted by atomic mass is 10.0. The van der Waals surface area contributed by atoms with E-state index >= 15 is 0 Å². The third-order valence-electron chi connectivity index (χ3n) is 6.02. The molecular formula is C29H37N3O6. The van der Waals surface area contributed by atoms with Gasteiger partial charge in [-0.05, 0) is 44.7 Å². The second-order valence-electron chi connectivity index (χ2n) is 10.3. The van der Waals surface area contributed by atoms with Gasteiger partial charge in [0.15, 0.2) is 0 Å². The van der Waals surface area contributed by atoms with Crippen molar-refractivity contribution in [3.63, 3.8) is 0 Å². The summed E-state index contributed by atoms with van der Waals surface area (Å²) < 4.78 is 10.6. The molecule has 2 aromatic carbocycles. The molecule has 2 aromatic rings. The van der Waals surface area contributed by atoms with Gasteiger partial charge in [-0.3, -0.25) is 14.4 Å². The summed E-state index contributed by atoms with van der Waals surface area (Å²) in [6.45, 7) is 5.60. The number of amides is 3. The zero-order chi connectivity index (χ0) is 27.5. The standard InChI is InChI=1S/C29H37N3O6/c1-29(2,3)38-26(34)19-30-25(33)18-23-15-10-16-32(23)27(35)24(17-21-11-6-4-7-12-21)31-28(36)37-20-22-13-8-5-9-14-22/h4-9,11-14,23-24H,10,15-20H2,1-3H3,(H,30,33)(H,31,36)/t23?,24-/m0/s1. The van der Waals surface area contributed by atoms with E-state index in [0.29, 0.717) is 13.0 Å². The Bertz CT molecular complexity index is 1080. The molecule has 1 heterocycles. The third-order valence-corrected chi connectivity index (χ3v) is 6.02. The lowest BCUT2D eigenvalue weighted by Gasteiger charge is -2.29. The monoisotopic (exact) mass is 523 g/mol. The molecule has 1 saturated heterocycles. The predicted molar refractivity (Wildman–Crippen MR) is 142 cm³/mol. The number of alkyl carbamates (subject to hydrolysis) is 1. The van der Waals surface area contributed by atoms with Crippen LogP contribution >= 0.6 is 0 Å². The highest BCUT2D eigenvalue weighted by Gasteiger charge is 2.35. The van der Waals surface area contributed by atoms with Crippen LogP contribution in [-0.2, 0) is 36.9 Å². The molecule has 1 aliphatic heterocycles. The third kappa shape index (κ3) is 9.53. The molecule has 2 N–H and O–H groups in total. The van der Waals surface area contributed by atoms with E-state index in [9.17, 15) is 19.2 Å². The number of rotatable bonds is 10. The SMILES string of the molecule is CC(C)(C)OC(=O)CNC(=O)CC1CCCN1C(=O)[C@H](Cc1ccccc1)NC(=O)OCc1ccccc1. The summed E-state index contributed by atoms with van der Waals surface area (Å²) in [6, 6.07) is 17.5. The summed E-state index contributed by atoms with van der Waals surface area (Å²) in [6.07, 6.45) is 1.06. The van der Waals surface area contributed by atoms with E-state index in [1.807, 2.05) is 60.7 Å². The van der Waals surface area contributed by atoms with Crippen molar-refractivity contribution in [1.82, 2.24) is 15.5 Å². The van der Waals surface area contributed by atoms with Crippen molar-refractivity contribution in [2.75, 3.05) is 13.1 Å². The van der Waals surface area contributed by atoms with Crippen LogP contribution < -0.4 is 10.6 Å². The molecule has 2 atom stereocenters. The van der Waals surface area contributed by atoms with Crippen LogP contribution in [0.25, 0.3) is 0 Å². The number of benzene rings is 2. The molecule has 0 aliphatic carbocycles. The molecule has 9 heteroatoms. The largest absolute Gasteiger partial charge is 0.459 e. The average Bonchev–Trinajstić information content (AvgIpc) is 3.33. The Kier molecular flexibility index (Phi) is 10.3. The molecule has 0 saturated carbocycles. The van der Waals surface area contributed by atoms with Gasteiger partial charge in [0.05, 0.1) is 0 Å². The van der Waals surface area contributed by atoms with Gasteiger partial charge in [-0.2, -0.15) is 0 Å². The van der Waals surface area contributed by atoms with Crippen LogP contribution in [0.15, 0.2) is 60.7 Å². The first-order chi connectivity index (χ1) is 18.1. The molecule has 1 unspecified atom stereocenters. The second kappa shape index (κ2) is 13.6. The van der Waals surface area contributed by atoms with E-state index in [-0.39, 0.29) is 43.8 Å². The summed E-state index contributed by atoms with van der Waals surface area (Å²) in [4.78, 5) is 52.4. The molecule has 0 aromatic heterocycles. The van der Waals surface area contributed by atoms with E-state index in [1.165, 1.54) is 0 Å². The van der Waals surface area contributed by atoms with Crippen LogP contribution in [0, 0.1) is 0 Å². The number of hydrogen-bond acceptors (Lipinski definition) is 6. The maximum atomic E-state index is 13.6. The molecule has 0 bridgehead atoms. The smallest absolute Gasteiger partial charge is 0.408 e. The van der Waals surface area contributed by atoms with Gasteiger partial charge in [0, 0.05) is 25.4 Å². The first-order valence-electron chi connectivity index (χ1n) is 12.9. The van der Waals surface area contributed by atoms with Gasteiger partial charge in [0.25, 0.3) is 0 Å². The summed E-state index contributed by atoms with van der Waals surface area (Å²) in [5, 5.41) is 5.32. The highest BCUT2D eigenvalue weighted by molar-refractivity contribution is 5.87. The highest BCUT2D eigenvalue weighted by Crippen LogP contribution is 2.22. The fourth-order valence-corrected chi connectivity index (χ4v) is 4.33. The minimum atomic E-state index is -0.855. The van der Waals surface area contributed by atoms with Crippen molar-refractivity contribution in [3.8, 4) is 0 Å². The number of esters is 1. The Labute approximate surface area is 223 Å². The van der Waals surface area contributed by atoms with Gasteiger partial charge < -0.3 is 25.0 Å². The normalized spacial score (nSPS) is 15.9. The van der Waals surface area contributed by atoms with Crippen LogP contribution in [0.2, 0.25) is 0 Å². The number of carbonyl (C=O) groups is 4. The molecular weight excluding hydrogens is 486 g/mol. The topological polar surface area (TPSA) is 114 Å². The van der Waals surface area contributed by atoms with Crippen molar-refractivity contribution in [1.29, 1.82) is 0 Å². The maximum absolute atomic E-state index is 13.6. The Morgan fingerprint density at radius 2 is 1.61 bits per heavy atom. The number of ether oxygens (including phenoxy) is 2. The molecule has 1 aliphatic rings. The number of nitrogens with zero attached hydrogens (tertiary/aromatic N) is 1. The minimum Gasteiger partial charge on any atom is -0.459 e. The zero-order valence-electron chi connectivity index (χ0n) is 22.3. The molecule has 9 nitrogen and oxygen atoms in total. The van der Waals surface area contributed by atoms with Gasteiger partial charge in [-0.1, -0.05) is 60.7 Å². The summed E-state index contributed by atoms with van der Waals surface area (Å²) in [7, 11) is 0. The number of hydrogen-bond donors (Lipinski definition) is 2. The van der Waals surface area contributed by atoms with E-state index in [1.54, 1.807) is 25.7 Å². The highest BCUT2D eigenvalue weighted by atomic mass is 16.6. The lowest BCUT2D eigenvalue weighted by molar-refractivity contribution is -0.154. The summed E-state index contributed by atoms with van der Waals surface area (Å²) >= 11 is 0. The Morgan fingerprint density at radius 3 is 2.24 bits per heavy atom. The number of likely N-dealkylation sites (tertiary alicyclic amines) is 1. The van der Waals surface area contributed by atoms with Gasteiger partial charge in [0.2, 0.25) is 11.8 Å². The quantitative estimate of drug-likeness (QED) is 0.462. The first-order valence-corrected chi connectivity index (χ1v) is 12.9. The molecule has 3 amide bonds. The molecule has 0 radical (unpaired) electrons. The Balaban J connectivity index is 1.61. The lowest BCUT2D eigenvalue weighted by Crippen LogP contribution is -2.52. The van der Waals surface area contributed by atoms with Gasteiger partial charge in [0.1, 0.15) is 24.8 Å². The van der Waals surface area contributed by atoms with Crippen LogP contribution in [0.5, 0.6) is 0 Å². The van der Waals surface area contributed by atoms with Crippen LogP contribution in [0.4, 0.5) is 4.79 Å². The van der Waals surface area contributed by atoms with Gasteiger partial charge in [-0.15, -0.1) is 0 Å². The summed E-state index contributed by atoms with van der Waals surface area (Å²) in [5.74, 6) is -1.13. The molecule has 204 valence electrons. The maximum Gasteiger partial charge on any atom is 0.408 e. The van der Waals surface area contributed by atoms with E-state index in [0.717, 1.165) is 17.5 Å². The first kappa shape index (κ1) is 28.7. The van der Waals surface area contributed by atoms with E-state index in [4.69, 9.17) is 9.47 Å². The van der Waals surface area contributed by atoms with Crippen molar-refractivity contribution in [2.45, 2.75) is 70.7 Å². The van der Waals surface area contributed by atoms with Crippen LogP contribution in [0.3, 0.4) is 0 Å².